The number of rotatable bonds is 8. The molecule has 1 aromatic heterocycles. The lowest BCUT2D eigenvalue weighted by molar-refractivity contribution is 0.341. The van der Waals surface area contributed by atoms with Gasteiger partial charge in [-0.25, -0.2) is 4.98 Å². The van der Waals surface area contributed by atoms with Crippen LogP contribution in [0.15, 0.2) is 41.5 Å². The van der Waals surface area contributed by atoms with Gasteiger partial charge in [0, 0.05) is 43.8 Å². The lowest BCUT2D eigenvalue weighted by Gasteiger charge is -2.13. The number of aromatic nitrogens is 2. The summed E-state index contributed by atoms with van der Waals surface area (Å²) in [6.45, 7) is 3.68. The van der Waals surface area contributed by atoms with Gasteiger partial charge in [0.15, 0.2) is 0 Å². The predicted molar refractivity (Wildman–Crippen MR) is 96.3 cm³/mol. The summed E-state index contributed by atoms with van der Waals surface area (Å²) in [5.41, 5.74) is 0.889. The molecular weight excluding hydrogens is 304 g/mol. The van der Waals surface area contributed by atoms with Gasteiger partial charge in [0.2, 0.25) is 5.95 Å². The quantitative estimate of drug-likeness (QED) is 0.726. The van der Waals surface area contributed by atoms with E-state index < -0.39 is 0 Å². The maximum Gasteiger partial charge on any atom is 0.229 e. The van der Waals surface area contributed by atoms with Crippen molar-refractivity contribution in [1.29, 1.82) is 0 Å². The number of nitrogens with zero attached hydrogens (tertiary/aromatic N) is 4. The summed E-state index contributed by atoms with van der Waals surface area (Å²) < 4.78 is 5.22. The molecule has 1 aliphatic rings. The first-order valence-corrected chi connectivity index (χ1v) is 8.02. The lowest BCUT2D eigenvalue weighted by Crippen LogP contribution is -2.23. The lowest BCUT2D eigenvalue weighted by atomic mass is 10.3. The van der Waals surface area contributed by atoms with Crippen LogP contribution in [-0.4, -0.2) is 54.5 Å². The van der Waals surface area contributed by atoms with E-state index in [1.807, 2.05) is 36.5 Å². The third-order valence-electron chi connectivity index (χ3n) is 3.69. The van der Waals surface area contributed by atoms with E-state index in [1.54, 1.807) is 13.3 Å². The maximum atomic E-state index is 5.22. The van der Waals surface area contributed by atoms with Crippen LogP contribution in [0.3, 0.4) is 0 Å². The second-order valence-electron chi connectivity index (χ2n) is 5.49. The van der Waals surface area contributed by atoms with Crippen molar-refractivity contribution in [3.05, 3.63) is 36.5 Å². The van der Waals surface area contributed by atoms with Gasteiger partial charge in [0.1, 0.15) is 11.6 Å². The molecule has 7 nitrogen and oxygen atoms in total. The fourth-order valence-electron chi connectivity index (χ4n) is 2.43. The molecule has 0 saturated heterocycles. The van der Waals surface area contributed by atoms with Crippen molar-refractivity contribution in [2.45, 2.75) is 6.42 Å². The minimum Gasteiger partial charge on any atom is -0.497 e. The Hall–Kier alpha value is -2.67. The molecular formula is C17H22N6O. The molecule has 2 aromatic rings. The van der Waals surface area contributed by atoms with Crippen LogP contribution in [0.5, 0.6) is 5.75 Å². The van der Waals surface area contributed by atoms with Crippen molar-refractivity contribution >= 4 is 23.7 Å². The Morgan fingerprint density at radius 3 is 3.08 bits per heavy atom. The molecule has 7 heteroatoms. The fourth-order valence-corrected chi connectivity index (χ4v) is 2.43. The molecule has 0 radical (unpaired) electrons. The topological polar surface area (TPSA) is 74.7 Å². The zero-order valence-electron chi connectivity index (χ0n) is 13.8. The molecule has 1 aromatic carbocycles. The molecule has 0 bridgehead atoms. The van der Waals surface area contributed by atoms with Gasteiger partial charge in [-0.15, -0.1) is 0 Å². The molecule has 126 valence electrons. The summed E-state index contributed by atoms with van der Waals surface area (Å²) in [6.07, 6.45) is 4.76. The number of hydrogen-bond donors (Lipinski definition) is 2. The fraction of sp³-hybridized carbons (Fsp3) is 0.353. The van der Waals surface area contributed by atoms with E-state index in [2.05, 4.69) is 30.5 Å². The Kier molecular flexibility index (Phi) is 5.57. The molecule has 2 heterocycles. The van der Waals surface area contributed by atoms with Gasteiger partial charge < -0.3 is 15.4 Å². The largest absolute Gasteiger partial charge is 0.497 e. The van der Waals surface area contributed by atoms with Crippen LogP contribution in [-0.2, 0) is 0 Å². The zero-order chi connectivity index (χ0) is 16.6. The number of anilines is 3. The summed E-state index contributed by atoms with van der Waals surface area (Å²) >= 11 is 0. The summed E-state index contributed by atoms with van der Waals surface area (Å²) in [5.74, 6) is 2.16. The van der Waals surface area contributed by atoms with E-state index in [1.165, 1.54) is 0 Å². The maximum absolute atomic E-state index is 5.22. The molecule has 0 amide bonds. The van der Waals surface area contributed by atoms with Crippen molar-refractivity contribution in [2.24, 2.45) is 4.99 Å². The highest BCUT2D eigenvalue weighted by molar-refractivity contribution is 5.61. The van der Waals surface area contributed by atoms with Gasteiger partial charge >= 0.3 is 0 Å². The summed E-state index contributed by atoms with van der Waals surface area (Å²) in [5, 5.41) is 6.52. The van der Waals surface area contributed by atoms with Crippen LogP contribution >= 0.6 is 0 Å². The minimum atomic E-state index is 0.557. The van der Waals surface area contributed by atoms with Crippen LogP contribution in [0.25, 0.3) is 0 Å². The van der Waals surface area contributed by atoms with Gasteiger partial charge in [-0.2, -0.15) is 4.98 Å². The number of ether oxygens (including phenoxy) is 1. The van der Waals surface area contributed by atoms with Gasteiger partial charge in [-0.3, -0.25) is 9.89 Å². The van der Waals surface area contributed by atoms with Crippen molar-refractivity contribution in [3.63, 3.8) is 0 Å². The zero-order valence-corrected chi connectivity index (χ0v) is 13.8. The van der Waals surface area contributed by atoms with Gasteiger partial charge in [-0.1, -0.05) is 6.07 Å². The van der Waals surface area contributed by atoms with E-state index in [-0.39, 0.29) is 0 Å². The van der Waals surface area contributed by atoms with Gasteiger partial charge in [0.05, 0.1) is 13.8 Å². The Morgan fingerprint density at radius 1 is 1.29 bits per heavy atom. The molecule has 1 aliphatic heterocycles. The number of nitrogens with one attached hydrogen (secondary N) is 2. The molecule has 0 aliphatic carbocycles. The standard InChI is InChI=1S/C17H22N6O/c1-24-15-5-2-4-14(12-15)21-17-20-8-6-16(22-17)19-7-3-10-23-11-9-18-13-23/h2,4-6,8-9,12H,3,7,10-11,13H2,1H3,(H2,19,20,21,22). The van der Waals surface area contributed by atoms with Crippen LogP contribution in [0.4, 0.5) is 17.5 Å². The first-order chi connectivity index (χ1) is 11.8. The van der Waals surface area contributed by atoms with E-state index in [0.29, 0.717) is 5.95 Å². The van der Waals surface area contributed by atoms with Crippen LogP contribution in [0.1, 0.15) is 6.42 Å². The summed E-state index contributed by atoms with van der Waals surface area (Å²) in [6, 6.07) is 9.54. The number of hydrogen-bond acceptors (Lipinski definition) is 7. The van der Waals surface area contributed by atoms with Crippen LogP contribution < -0.4 is 15.4 Å². The summed E-state index contributed by atoms with van der Waals surface area (Å²) in [7, 11) is 1.65. The smallest absolute Gasteiger partial charge is 0.229 e. The Bertz CT molecular complexity index is 682. The van der Waals surface area contributed by atoms with E-state index in [9.17, 15) is 0 Å². The SMILES string of the molecule is COc1cccc(Nc2nccc(NCCCN3CC=NC3)n2)c1. The number of aliphatic imine (C=N–C) groups is 1. The highest BCUT2D eigenvalue weighted by Crippen LogP contribution is 2.19. The van der Waals surface area contributed by atoms with E-state index in [0.717, 1.165) is 50.0 Å². The normalized spacial score (nSPS) is 13.9. The third kappa shape index (κ3) is 4.66. The molecule has 0 spiro atoms. The summed E-state index contributed by atoms with van der Waals surface area (Å²) in [4.78, 5) is 15.2. The molecule has 0 fully saturated rings. The minimum absolute atomic E-state index is 0.557. The van der Waals surface area contributed by atoms with E-state index in [4.69, 9.17) is 4.74 Å². The number of methoxy groups -OCH3 is 1. The average Bonchev–Trinajstić information content (AvgIpc) is 3.13. The predicted octanol–water partition coefficient (Wildman–Crippen LogP) is 2.37. The van der Waals surface area contributed by atoms with Crippen LogP contribution in [0.2, 0.25) is 0 Å². The second-order valence-corrected chi connectivity index (χ2v) is 5.49. The second kappa shape index (κ2) is 8.26. The molecule has 2 N–H and O–H groups in total. The third-order valence-corrected chi connectivity index (χ3v) is 3.69. The monoisotopic (exact) mass is 326 g/mol. The van der Waals surface area contributed by atoms with Crippen molar-refractivity contribution in [3.8, 4) is 5.75 Å². The highest BCUT2D eigenvalue weighted by atomic mass is 16.5. The van der Waals surface area contributed by atoms with Crippen molar-refractivity contribution in [2.75, 3.05) is 44.0 Å². The first kappa shape index (κ1) is 16.2. The Labute approximate surface area is 141 Å². The Morgan fingerprint density at radius 2 is 2.25 bits per heavy atom. The average molecular weight is 326 g/mol. The van der Waals surface area contributed by atoms with Crippen LogP contribution in [0, 0.1) is 0 Å². The highest BCUT2D eigenvalue weighted by Gasteiger charge is 2.06. The Balaban J connectivity index is 1.49. The van der Waals surface area contributed by atoms with E-state index >= 15 is 0 Å². The molecule has 0 unspecified atom stereocenters. The molecule has 3 rings (SSSR count). The molecule has 0 atom stereocenters. The molecule has 24 heavy (non-hydrogen) atoms. The van der Waals surface area contributed by atoms with Crippen molar-refractivity contribution < 1.29 is 4.74 Å². The van der Waals surface area contributed by atoms with Gasteiger partial charge in [0.25, 0.3) is 0 Å². The van der Waals surface area contributed by atoms with Crippen molar-refractivity contribution in [1.82, 2.24) is 14.9 Å². The van der Waals surface area contributed by atoms with Gasteiger partial charge in [-0.05, 0) is 24.6 Å². The number of benzene rings is 1. The first-order valence-electron chi connectivity index (χ1n) is 8.02. The molecule has 0 saturated carbocycles.